The van der Waals surface area contributed by atoms with E-state index in [1.807, 2.05) is 0 Å². The minimum Gasteiger partial charge on any atom is -0.478 e. The van der Waals surface area contributed by atoms with E-state index in [1.54, 1.807) is 30.3 Å². The van der Waals surface area contributed by atoms with Gasteiger partial charge in [-0.05, 0) is 55.0 Å². The molecule has 3 heterocycles. The van der Waals surface area contributed by atoms with Gasteiger partial charge in [-0.15, -0.1) is 11.3 Å². The maximum absolute atomic E-state index is 12.8. The number of aromatic carboxylic acids is 1. The van der Waals surface area contributed by atoms with Crippen molar-refractivity contribution >= 4 is 45.0 Å². The lowest BCUT2D eigenvalue weighted by Crippen LogP contribution is -2.46. The van der Waals surface area contributed by atoms with Gasteiger partial charge in [-0.3, -0.25) is 0 Å². The number of carboxylic acid groups (broad SMARTS) is 2. The number of hydrogen-bond donors (Lipinski definition) is 3. The largest absolute Gasteiger partial charge is 0.490 e. The second kappa shape index (κ2) is 10.5. The van der Waals surface area contributed by atoms with Crippen molar-refractivity contribution in [3.8, 4) is 0 Å². The van der Waals surface area contributed by atoms with Crippen LogP contribution in [0.1, 0.15) is 34.5 Å². The smallest absolute Gasteiger partial charge is 0.478 e. The van der Waals surface area contributed by atoms with Crippen LogP contribution in [0.5, 0.6) is 0 Å². The zero-order chi connectivity index (χ0) is 28.6. The first-order valence-electron chi connectivity index (χ1n) is 11.6. The van der Waals surface area contributed by atoms with Crippen LogP contribution in [0.4, 0.5) is 37.8 Å². The van der Waals surface area contributed by atoms with Gasteiger partial charge in [-0.1, -0.05) is 0 Å². The first-order chi connectivity index (χ1) is 18.1. The summed E-state index contributed by atoms with van der Waals surface area (Å²) in [6, 6.07) is 8.63. The molecule has 15 heteroatoms. The average molecular weight is 577 g/mol. The van der Waals surface area contributed by atoms with Crippen molar-refractivity contribution in [2.75, 3.05) is 23.3 Å². The van der Waals surface area contributed by atoms with Gasteiger partial charge in [0, 0.05) is 29.7 Å². The summed E-state index contributed by atoms with van der Waals surface area (Å²) in [5.74, 6) is -2.98. The van der Waals surface area contributed by atoms with E-state index >= 15 is 0 Å². The molecule has 3 aromatic rings. The Kier molecular flexibility index (Phi) is 7.65. The van der Waals surface area contributed by atoms with Crippen molar-refractivity contribution in [2.45, 2.75) is 44.1 Å². The van der Waals surface area contributed by atoms with E-state index in [2.05, 4.69) is 20.2 Å². The van der Waals surface area contributed by atoms with Crippen molar-refractivity contribution in [2.24, 2.45) is 5.41 Å². The second-order valence-corrected chi connectivity index (χ2v) is 10.6. The van der Waals surface area contributed by atoms with Crippen LogP contribution in [0.2, 0.25) is 0 Å². The molecule has 39 heavy (non-hydrogen) atoms. The van der Waals surface area contributed by atoms with Crippen molar-refractivity contribution in [3.05, 3.63) is 47.1 Å². The molecule has 0 bridgehead atoms. The van der Waals surface area contributed by atoms with Gasteiger partial charge in [0.1, 0.15) is 17.0 Å². The molecule has 1 aliphatic heterocycles. The highest BCUT2D eigenvalue weighted by atomic mass is 32.1. The van der Waals surface area contributed by atoms with E-state index in [4.69, 9.17) is 15.0 Å². The number of aromatic nitrogens is 2. The topological polar surface area (TPSA) is 116 Å². The number of carbonyl (C=O) groups is 2. The molecule has 210 valence electrons. The maximum Gasteiger partial charge on any atom is 0.490 e. The molecule has 1 spiro atoms. The third kappa shape index (κ3) is 6.88. The molecule has 0 unspecified atom stereocenters. The second-order valence-electron chi connectivity index (χ2n) is 9.53. The molecule has 1 saturated carbocycles. The molecule has 3 N–H and O–H groups in total. The molecule has 2 aliphatic rings. The molecule has 1 aromatic carbocycles. The van der Waals surface area contributed by atoms with E-state index in [1.165, 1.54) is 6.33 Å². The Labute approximate surface area is 221 Å². The molecule has 5 rings (SSSR count). The van der Waals surface area contributed by atoms with Gasteiger partial charge >= 0.3 is 24.3 Å². The van der Waals surface area contributed by atoms with Crippen molar-refractivity contribution in [1.29, 1.82) is 0 Å². The van der Waals surface area contributed by atoms with E-state index in [-0.39, 0.29) is 15.9 Å². The summed E-state index contributed by atoms with van der Waals surface area (Å²) in [5.41, 5.74) is 1.33. The van der Waals surface area contributed by atoms with Crippen molar-refractivity contribution in [3.63, 3.8) is 0 Å². The minimum absolute atomic E-state index is 0.167. The molecule has 1 aliphatic carbocycles. The van der Waals surface area contributed by atoms with Gasteiger partial charge in [0.15, 0.2) is 0 Å². The number of aliphatic carboxylic acids is 1. The number of thiophene rings is 1. The Balaban J connectivity index is 0.000000448. The fraction of sp³-hybridized carbons (Fsp3) is 0.417. The highest BCUT2D eigenvalue weighted by molar-refractivity contribution is 7.18. The summed E-state index contributed by atoms with van der Waals surface area (Å²) in [7, 11) is 0. The minimum atomic E-state index is -5.08. The summed E-state index contributed by atoms with van der Waals surface area (Å²) < 4.78 is 70.1. The van der Waals surface area contributed by atoms with E-state index in [9.17, 15) is 31.1 Å². The highest BCUT2D eigenvalue weighted by Crippen LogP contribution is 2.50. The molecule has 0 atom stereocenters. The van der Waals surface area contributed by atoms with Gasteiger partial charge in [-0.25, -0.2) is 19.6 Å². The molecule has 0 radical (unpaired) electrons. The highest BCUT2D eigenvalue weighted by Gasteiger charge is 2.49. The summed E-state index contributed by atoms with van der Waals surface area (Å²) >= 11 is 1.08. The lowest BCUT2D eigenvalue weighted by molar-refractivity contribution is -0.192. The van der Waals surface area contributed by atoms with Crippen molar-refractivity contribution < 1.29 is 46.1 Å². The molecular weight excluding hydrogens is 554 g/mol. The van der Waals surface area contributed by atoms with Crippen LogP contribution in [0.25, 0.3) is 10.2 Å². The molecule has 0 amide bonds. The number of hydrogen-bond acceptors (Lipinski definition) is 7. The average Bonchev–Trinajstić information content (AvgIpc) is 3.42. The number of halogens is 6. The molecular formula is C24H22F6N4O4S. The van der Waals surface area contributed by atoms with Crippen LogP contribution in [-0.2, 0) is 11.2 Å². The number of fused-ring (bicyclic) bond motifs is 1. The Morgan fingerprint density at radius 1 is 1.08 bits per heavy atom. The van der Waals surface area contributed by atoms with Gasteiger partial charge in [0.2, 0.25) is 0 Å². The van der Waals surface area contributed by atoms with Gasteiger partial charge in [0.25, 0.3) is 0 Å². The number of anilines is 2. The van der Waals surface area contributed by atoms with Crippen LogP contribution in [0, 0.1) is 5.41 Å². The fourth-order valence-electron chi connectivity index (χ4n) is 4.91. The molecule has 1 saturated heterocycles. The van der Waals surface area contributed by atoms with Crippen LogP contribution in [0.15, 0.2) is 36.7 Å². The third-order valence-electron chi connectivity index (χ3n) is 6.58. The first-order valence-corrected chi connectivity index (χ1v) is 12.4. The molecule has 2 fully saturated rings. The SMILES string of the molecule is O=C(O)C(F)(F)F.O=C(O)c1ccc(NC2CC3(CCN(c4ncnc5sc(CC(F)(F)F)cc45)C3)C2)cc1. The van der Waals surface area contributed by atoms with Crippen LogP contribution < -0.4 is 10.2 Å². The zero-order valence-electron chi connectivity index (χ0n) is 20.0. The van der Waals surface area contributed by atoms with Gasteiger partial charge in [-0.2, -0.15) is 26.3 Å². The summed E-state index contributed by atoms with van der Waals surface area (Å²) in [4.78, 5) is 31.5. The monoisotopic (exact) mass is 576 g/mol. The fourth-order valence-corrected chi connectivity index (χ4v) is 5.93. The molecule has 8 nitrogen and oxygen atoms in total. The summed E-state index contributed by atoms with van der Waals surface area (Å²) in [6.45, 7) is 1.64. The van der Waals surface area contributed by atoms with Crippen LogP contribution >= 0.6 is 11.3 Å². The van der Waals surface area contributed by atoms with E-state index < -0.39 is 30.7 Å². The zero-order valence-corrected chi connectivity index (χ0v) is 20.8. The number of nitrogens with one attached hydrogen (secondary N) is 1. The van der Waals surface area contributed by atoms with Gasteiger partial charge < -0.3 is 20.4 Å². The van der Waals surface area contributed by atoms with E-state index in [0.717, 1.165) is 55.2 Å². The van der Waals surface area contributed by atoms with E-state index in [0.29, 0.717) is 16.3 Å². The van der Waals surface area contributed by atoms with Crippen LogP contribution in [-0.4, -0.2) is 63.6 Å². The van der Waals surface area contributed by atoms with Gasteiger partial charge in [0.05, 0.1) is 17.4 Å². The van der Waals surface area contributed by atoms with Crippen LogP contribution in [0.3, 0.4) is 0 Å². The predicted octanol–water partition coefficient (Wildman–Crippen LogP) is 5.60. The number of benzene rings is 1. The maximum atomic E-state index is 12.8. The normalized spacial score (nSPS) is 20.9. The number of rotatable bonds is 5. The predicted molar refractivity (Wildman–Crippen MR) is 130 cm³/mol. The summed E-state index contributed by atoms with van der Waals surface area (Å²) in [5, 5.41) is 20.3. The van der Waals surface area contributed by atoms with Crippen molar-refractivity contribution in [1.82, 2.24) is 9.97 Å². The number of carboxylic acids is 2. The number of nitrogens with zero attached hydrogens (tertiary/aromatic N) is 3. The Bertz CT molecular complexity index is 1350. The first kappa shape index (κ1) is 28.4. The Morgan fingerprint density at radius 3 is 2.28 bits per heavy atom. The summed E-state index contributed by atoms with van der Waals surface area (Å²) in [6.07, 6.45) is -5.86. The Hall–Kier alpha value is -3.62. The quantitative estimate of drug-likeness (QED) is 0.337. The molecule has 2 aromatic heterocycles. The third-order valence-corrected chi connectivity index (χ3v) is 7.62. The lowest BCUT2D eigenvalue weighted by Gasteiger charge is -2.46. The standard InChI is InChI=1S/C22H21F3N4O2S.C2HF3O2/c23-22(24,25)10-16-7-17-18(26-12-27-19(17)32-16)29-6-5-21(11-29)8-15(9-21)28-14-3-1-13(2-4-14)20(30)31;3-2(4,5)1(6)7/h1-4,7,12,15,28H,5-6,8-11H2,(H,30,31);(H,6,7). The number of alkyl halides is 6. The Morgan fingerprint density at radius 2 is 1.72 bits per heavy atom. The lowest BCUT2D eigenvalue weighted by atomic mass is 9.65.